The van der Waals surface area contributed by atoms with Crippen LogP contribution in [0, 0.1) is 5.92 Å². The molecule has 1 aliphatic heterocycles. The molecule has 2 atom stereocenters. The molecular formula is C29H32ClN5O3. The molecule has 4 rings (SSSR count). The summed E-state index contributed by atoms with van der Waals surface area (Å²) in [4.78, 5) is 31.9. The van der Waals surface area contributed by atoms with E-state index in [1.807, 2.05) is 24.3 Å². The number of carbonyl (C=O) groups excluding carboxylic acids is 2. The number of hydrogen-bond donors (Lipinski definition) is 4. The number of nitrogens with zero attached hydrogens (tertiary/aromatic N) is 2. The van der Waals surface area contributed by atoms with E-state index in [-0.39, 0.29) is 23.7 Å². The van der Waals surface area contributed by atoms with E-state index >= 15 is 0 Å². The van der Waals surface area contributed by atoms with Crippen molar-refractivity contribution in [1.82, 2.24) is 9.88 Å². The lowest BCUT2D eigenvalue weighted by molar-refractivity contribution is -0.120. The van der Waals surface area contributed by atoms with Crippen LogP contribution in [0.5, 0.6) is 0 Å². The summed E-state index contributed by atoms with van der Waals surface area (Å²) >= 11 is 5.92. The molecule has 3 aromatic rings. The number of pyridine rings is 1. The molecule has 1 fully saturated rings. The number of aromatic nitrogens is 1. The highest BCUT2D eigenvalue weighted by Crippen LogP contribution is 2.34. The lowest BCUT2D eigenvalue weighted by Crippen LogP contribution is -2.38. The Balaban J connectivity index is 1.46. The van der Waals surface area contributed by atoms with Crippen LogP contribution in [0.15, 0.2) is 72.9 Å². The van der Waals surface area contributed by atoms with E-state index in [0.29, 0.717) is 41.8 Å². The lowest BCUT2D eigenvalue weighted by atomic mass is 9.88. The number of benzene rings is 2. The number of rotatable bonds is 8. The molecule has 1 aliphatic rings. The van der Waals surface area contributed by atoms with Crippen molar-refractivity contribution >= 4 is 46.7 Å². The van der Waals surface area contributed by atoms with Gasteiger partial charge in [-0.3, -0.25) is 14.5 Å². The molecule has 0 aliphatic carbocycles. The van der Waals surface area contributed by atoms with E-state index in [4.69, 9.17) is 17.3 Å². The second-order valence-electron chi connectivity index (χ2n) is 10.1. The summed E-state index contributed by atoms with van der Waals surface area (Å²) in [6.45, 7) is 5.12. The van der Waals surface area contributed by atoms with Crippen LogP contribution in [0.1, 0.15) is 30.9 Å². The molecule has 0 bridgehead atoms. The first-order chi connectivity index (χ1) is 18.1. The summed E-state index contributed by atoms with van der Waals surface area (Å²) < 4.78 is 0. The van der Waals surface area contributed by atoms with Crippen LogP contribution in [0.3, 0.4) is 0 Å². The van der Waals surface area contributed by atoms with Gasteiger partial charge in [0.1, 0.15) is 5.82 Å². The van der Waals surface area contributed by atoms with Gasteiger partial charge in [0.2, 0.25) is 11.8 Å². The van der Waals surface area contributed by atoms with E-state index in [0.717, 1.165) is 11.1 Å². The second kappa shape index (κ2) is 11.8. The van der Waals surface area contributed by atoms with Gasteiger partial charge >= 0.3 is 0 Å². The maximum Gasteiger partial charge on any atom is 0.248 e. The third-order valence-corrected chi connectivity index (χ3v) is 6.56. The monoisotopic (exact) mass is 533 g/mol. The first kappa shape index (κ1) is 27.3. The predicted molar refractivity (Wildman–Crippen MR) is 152 cm³/mol. The Morgan fingerprint density at radius 2 is 1.84 bits per heavy atom. The minimum absolute atomic E-state index is 0.0768. The number of halogens is 1. The molecule has 5 N–H and O–H groups in total. The van der Waals surface area contributed by atoms with Gasteiger partial charge in [-0.2, -0.15) is 0 Å². The molecule has 198 valence electrons. The van der Waals surface area contributed by atoms with Gasteiger partial charge in [0.05, 0.1) is 27.9 Å². The van der Waals surface area contributed by atoms with Gasteiger partial charge in [-0.25, -0.2) is 4.98 Å². The van der Waals surface area contributed by atoms with Crippen molar-refractivity contribution in [2.45, 2.75) is 25.4 Å². The average Bonchev–Trinajstić information content (AvgIpc) is 3.28. The Morgan fingerprint density at radius 1 is 1.11 bits per heavy atom. The fourth-order valence-electron chi connectivity index (χ4n) is 4.65. The third-order valence-electron chi connectivity index (χ3n) is 6.33. The second-order valence-corrected chi connectivity index (χ2v) is 10.6. The number of hydrogen-bond acceptors (Lipinski definition) is 6. The standard InChI is InChI=1S/C29H32ClN5O3/c1-29(2,38)18-35-16-22(23(17-35)28(37)34-26-13-12-21(30)15-32-26)20-10-7-19(8-11-20)9-14-27(36)33-25-6-4-3-5-24(25)31/h3-15,22-23,38H,16-18,31H2,1-2H3,(H,33,36)(H,32,34,37)/b14-9+. The van der Waals surface area contributed by atoms with Crippen molar-refractivity contribution in [2.75, 3.05) is 36.0 Å². The minimum Gasteiger partial charge on any atom is -0.397 e. The molecule has 2 heterocycles. The number of β-amino-alcohol motifs (C(OH)–C–C–N with tert-alkyl or cyclic N) is 1. The van der Waals surface area contributed by atoms with Gasteiger partial charge in [-0.1, -0.05) is 48.0 Å². The van der Waals surface area contributed by atoms with E-state index < -0.39 is 5.60 Å². The van der Waals surface area contributed by atoms with Crippen LogP contribution in [-0.2, 0) is 9.59 Å². The maximum absolute atomic E-state index is 13.3. The number of amides is 2. The zero-order chi connectivity index (χ0) is 27.3. The van der Waals surface area contributed by atoms with Crippen molar-refractivity contribution in [1.29, 1.82) is 0 Å². The van der Waals surface area contributed by atoms with E-state index in [1.54, 1.807) is 56.3 Å². The number of aliphatic hydroxyl groups is 1. The smallest absolute Gasteiger partial charge is 0.248 e. The fourth-order valence-corrected chi connectivity index (χ4v) is 4.76. The van der Waals surface area contributed by atoms with Crippen molar-refractivity contribution < 1.29 is 14.7 Å². The molecule has 38 heavy (non-hydrogen) atoms. The van der Waals surface area contributed by atoms with Crippen LogP contribution in [-0.4, -0.2) is 52.0 Å². The summed E-state index contributed by atoms with van der Waals surface area (Å²) in [5.41, 5.74) is 7.92. The quantitative estimate of drug-likeness (QED) is 0.252. The van der Waals surface area contributed by atoms with Crippen LogP contribution in [0.25, 0.3) is 6.08 Å². The van der Waals surface area contributed by atoms with Gasteiger partial charge in [-0.05, 0) is 55.3 Å². The predicted octanol–water partition coefficient (Wildman–Crippen LogP) is 4.39. The molecule has 9 heteroatoms. The van der Waals surface area contributed by atoms with Crippen molar-refractivity contribution in [3.05, 3.63) is 89.1 Å². The molecule has 0 saturated carbocycles. The fraction of sp³-hybridized carbons (Fsp3) is 0.276. The van der Waals surface area contributed by atoms with Crippen molar-refractivity contribution in [3.63, 3.8) is 0 Å². The van der Waals surface area contributed by atoms with Gasteiger partial charge in [0.15, 0.2) is 0 Å². The van der Waals surface area contributed by atoms with Gasteiger partial charge in [0, 0.05) is 37.8 Å². The first-order valence-electron chi connectivity index (χ1n) is 12.4. The summed E-state index contributed by atoms with van der Waals surface area (Å²) in [5, 5.41) is 16.5. The van der Waals surface area contributed by atoms with Crippen molar-refractivity contribution in [2.24, 2.45) is 5.92 Å². The highest BCUT2D eigenvalue weighted by molar-refractivity contribution is 6.30. The normalized spacial score (nSPS) is 18.0. The van der Waals surface area contributed by atoms with Crippen LogP contribution in [0.4, 0.5) is 17.2 Å². The van der Waals surface area contributed by atoms with E-state index in [9.17, 15) is 14.7 Å². The number of anilines is 3. The van der Waals surface area contributed by atoms with Crippen LogP contribution < -0.4 is 16.4 Å². The number of nitrogen functional groups attached to an aromatic ring is 1. The Morgan fingerprint density at radius 3 is 2.50 bits per heavy atom. The maximum atomic E-state index is 13.3. The lowest BCUT2D eigenvalue weighted by Gasteiger charge is -2.25. The Bertz CT molecular complexity index is 1300. The topological polar surface area (TPSA) is 121 Å². The van der Waals surface area contributed by atoms with Gasteiger partial charge in [0.25, 0.3) is 0 Å². The molecule has 0 radical (unpaired) electrons. The molecule has 8 nitrogen and oxygen atoms in total. The molecule has 2 unspecified atom stereocenters. The number of nitrogens with two attached hydrogens (primary N) is 1. The minimum atomic E-state index is -0.882. The molecule has 1 saturated heterocycles. The molecule has 1 aromatic heterocycles. The number of para-hydroxylation sites is 2. The molecular weight excluding hydrogens is 502 g/mol. The Labute approximate surface area is 227 Å². The number of likely N-dealkylation sites (tertiary alicyclic amines) is 1. The largest absolute Gasteiger partial charge is 0.397 e. The van der Waals surface area contributed by atoms with Crippen molar-refractivity contribution in [3.8, 4) is 0 Å². The average molecular weight is 534 g/mol. The summed E-state index contributed by atoms with van der Waals surface area (Å²) in [5.74, 6) is -0.387. The number of nitrogens with one attached hydrogen (secondary N) is 2. The zero-order valence-electron chi connectivity index (χ0n) is 21.4. The van der Waals surface area contributed by atoms with Crippen LogP contribution >= 0.6 is 11.6 Å². The SMILES string of the molecule is CC(C)(O)CN1CC(C(=O)Nc2ccc(Cl)cn2)C(c2ccc(/C=C/C(=O)Nc3ccccc3N)cc2)C1. The Kier molecular flexibility index (Phi) is 8.46. The highest BCUT2D eigenvalue weighted by atomic mass is 35.5. The Hall–Kier alpha value is -3.72. The van der Waals surface area contributed by atoms with Gasteiger partial charge in [-0.15, -0.1) is 0 Å². The van der Waals surface area contributed by atoms with E-state index in [1.165, 1.54) is 12.3 Å². The third kappa shape index (κ3) is 7.41. The van der Waals surface area contributed by atoms with E-state index in [2.05, 4.69) is 20.5 Å². The summed E-state index contributed by atoms with van der Waals surface area (Å²) in [7, 11) is 0. The highest BCUT2D eigenvalue weighted by Gasteiger charge is 2.39. The van der Waals surface area contributed by atoms with Gasteiger partial charge < -0.3 is 21.5 Å². The summed E-state index contributed by atoms with van der Waals surface area (Å²) in [6, 6.07) is 18.2. The summed E-state index contributed by atoms with van der Waals surface area (Å²) in [6.07, 6.45) is 4.67. The first-order valence-corrected chi connectivity index (χ1v) is 12.8. The molecule has 2 aromatic carbocycles. The molecule has 2 amide bonds. The van der Waals surface area contributed by atoms with Crippen LogP contribution in [0.2, 0.25) is 5.02 Å². The number of carbonyl (C=O) groups is 2. The zero-order valence-corrected chi connectivity index (χ0v) is 22.2. The molecule has 0 spiro atoms.